The Morgan fingerprint density at radius 1 is 1.00 bits per heavy atom. The van der Waals surface area contributed by atoms with Gasteiger partial charge in [-0.15, -0.1) is 0 Å². The van der Waals surface area contributed by atoms with E-state index in [4.69, 9.17) is 28.4 Å². The Balaban J connectivity index is 1.48. The van der Waals surface area contributed by atoms with Crippen molar-refractivity contribution in [3.8, 4) is 0 Å². The Hall–Kier alpha value is -2.08. The number of aliphatic hydroxyl groups is 1. The van der Waals surface area contributed by atoms with Gasteiger partial charge >= 0.3 is 11.9 Å². The molecule has 1 aliphatic heterocycles. The van der Waals surface area contributed by atoms with Gasteiger partial charge in [0.2, 0.25) is 0 Å². The molecule has 13 atom stereocenters. The van der Waals surface area contributed by atoms with Gasteiger partial charge in [-0.25, -0.2) is 4.79 Å². The number of fused-ring (bicyclic) bond motifs is 2. The molecule has 1 aromatic rings. The van der Waals surface area contributed by atoms with E-state index in [0.717, 1.165) is 19.4 Å². The van der Waals surface area contributed by atoms with Crippen molar-refractivity contribution in [1.29, 1.82) is 0 Å². The minimum atomic E-state index is -1.48. The average Bonchev–Trinajstić information content (AvgIpc) is 3.37. The van der Waals surface area contributed by atoms with E-state index in [1.807, 2.05) is 6.07 Å². The maximum Gasteiger partial charge on any atom is 0.338 e. The van der Waals surface area contributed by atoms with Crippen molar-refractivity contribution in [2.45, 2.75) is 74.3 Å². The summed E-state index contributed by atoms with van der Waals surface area (Å²) >= 11 is 0. The van der Waals surface area contributed by atoms with Gasteiger partial charge in [-0.05, 0) is 44.4 Å². The zero-order valence-corrected chi connectivity index (χ0v) is 26.0. The van der Waals surface area contributed by atoms with Crippen LogP contribution >= 0.6 is 0 Å². The third-order valence-electron chi connectivity index (χ3n) is 12.7. The molecule has 10 nitrogen and oxygen atoms in total. The standard InChI is InChI=1S/C33H45NO9/c1-18(35)43-32-15-22(40-5)31(37)14-20(23(32)28(31)42-29(36)19-10-8-7-9-11-19)33-21(39-4)12-13-30(17-38-3)16-34(2)27(33)24(32)25(41-6)26(30)33/h7-11,20-28,37H,12-17H2,1-6H3/t20-,21+,22+,23-,24+,25-,26-,27?,28-,30+,31+,32-,33+/m0/s1. The molecule has 7 bridgehead atoms. The molecule has 0 radical (unpaired) electrons. The predicted octanol–water partition coefficient (Wildman–Crippen LogP) is 2.32. The molecule has 1 heterocycles. The number of hydrogen-bond donors (Lipinski definition) is 1. The third-order valence-corrected chi connectivity index (χ3v) is 12.7. The molecule has 1 saturated heterocycles. The van der Waals surface area contributed by atoms with Gasteiger partial charge < -0.3 is 38.4 Å². The van der Waals surface area contributed by atoms with Gasteiger partial charge in [0.25, 0.3) is 0 Å². The van der Waals surface area contributed by atoms with Gasteiger partial charge in [0.15, 0.2) is 0 Å². The van der Waals surface area contributed by atoms with Crippen LogP contribution in [0.15, 0.2) is 30.3 Å². The van der Waals surface area contributed by atoms with Crippen molar-refractivity contribution in [2.75, 3.05) is 48.6 Å². The lowest BCUT2D eigenvalue weighted by Crippen LogP contribution is -2.77. The highest BCUT2D eigenvalue weighted by atomic mass is 16.6. The molecule has 6 aliphatic rings. The number of methoxy groups -OCH3 is 4. The van der Waals surface area contributed by atoms with Gasteiger partial charge in [-0.3, -0.25) is 4.79 Å². The van der Waals surface area contributed by atoms with Gasteiger partial charge in [0.1, 0.15) is 17.3 Å². The Morgan fingerprint density at radius 3 is 2.35 bits per heavy atom. The fourth-order valence-corrected chi connectivity index (χ4v) is 12.2. The topological polar surface area (TPSA) is 113 Å². The monoisotopic (exact) mass is 599 g/mol. The summed E-state index contributed by atoms with van der Waals surface area (Å²) in [6.45, 7) is 2.82. The van der Waals surface area contributed by atoms with Gasteiger partial charge in [0, 0.05) is 83.0 Å². The molecule has 1 aromatic carbocycles. The van der Waals surface area contributed by atoms with Crippen LogP contribution in [0, 0.1) is 34.5 Å². The van der Waals surface area contributed by atoms with Crippen molar-refractivity contribution in [2.24, 2.45) is 34.5 Å². The molecule has 236 valence electrons. The molecule has 1 N–H and O–H groups in total. The number of carbonyl (C=O) groups excluding carboxylic acids is 2. The maximum absolute atomic E-state index is 13.7. The lowest BCUT2D eigenvalue weighted by Gasteiger charge is -2.69. The zero-order chi connectivity index (χ0) is 30.5. The number of piperidine rings is 1. The van der Waals surface area contributed by atoms with Crippen LogP contribution in [0.4, 0.5) is 0 Å². The van der Waals surface area contributed by atoms with E-state index in [0.29, 0.717) is 18.6 Å². The van der Waals surface area contributed by atoms with Crippen molar-refractivity contribution in [3.63, 3.8) is 0 Å². The predicted molar refractivity (Wildman–Crippen MR) is 153 cm³/mol. The third kappa shape index (κ3) is 3.51. The number of hydrogen-bond acceptors (Lipinski definition) is 10. The smallest absolute Gasteiger partial charge is 0.338 e. The summed E-state index contributed by atoms with van der Waals surface area (Å²) in [4.78, 5) is 29.2. The van der Waals surface area contributed by atoms with Crippen LogP contribution < -0.4 is 0 Å². The molecule has 5 saturated carbocycles. The molecule has 1 spiro atoms. The molecule has 1 unspecified atom stereocenters. The van der Waals surface area contributed by atoms with Crippen LogP contribution in [-0.2, 0) is 33.2 Å². The number of carbonyl (C=O) groups is 2. The summed E-state index contributed by atoms with van der Waals surface area (Å²) in [5, 5.41) is 12.7. The fraction of sp³-hybridized carbons (Fsp3) is 0.758. The number of ether oxygens (including phenoxy) is 6. The summed E-state index contributed by atoms with van der Waals surface area (Å²) in [6, 6.07) is 8.77. The molecule has 0 aromatic heterocycles. The molecule has 7 rings (SSSR count). The first-order valence-corrected chi connectivity index (χ1v) is 15.5. The molecule has 10 heteroatoms. The Kier molecular flexibility index (Phi) is 6.86. The highest BCUT2D eigenvalue weighted by Gasteiger charge is 2.89. The SMILES string of the molecule is COC[C@]12CC[C@@H](OC)[C@@]34C([C@@H]([C@H](OC)[C@@H]13)[C@]1(OC(C)=O)C[C@@H](OC)[C@]3(O)C[C@H]4[C@H]1[C@@H]3OC(=O)c1ccccc1)N(C)C2. The minimum Gasteiger partial charge on any atom is -0.458 e. The first kappa shape index (κ1) is 29.6. The lowest BCUT2D eigenvalue weighted by molar-refractivity contribution is -0.285. The zero-order valence-electron chi connectivity index (χ0n) is 26.0. The fourth-order valence-electron chi connectivity index (χ4n) is 12.2. The Morgan fingerprint density at radius 2 is 1.72 bits per heavy atom. The Labute approximate surface area is 253 Å². The van der Waals surface area contributed by atoms with Crippen molar-refractivity contribution in [3.05, 3.63) is 35.9 Å². The van der Waals surface area contributed by atoms with Gasteiger partial charge in [-0.1, -0.05) is 18.2 Å². The summed E-state index contributed by atoms with van der Waals surface area (Å²) in [6.07, 6.45) is 0.272. The first-order valence-electron chi connectivity index (χ1n) is 15.5. The summed E-state index contributed by atoms with van der Waals surface area (Å²) in [7, 11) is 9.01. The van der Waals surface area contributed by atoms with E-state index >= 15 is 0 Å². The highest BCUT2D eigenvalue weighted by molar-refractivity contribution is 5.89. The number of rotatable bonds is 8. The number of nitrogens with zero attached hydrogens (tertiary/aromatic N) is 1. The van der Waals surface area contributed by atoms with Crippen LogP contribution in [-0.4, -0.2) is 112 Å². The van der Waals surface area contributed by atoms with E-state index in [1.165, 1.54) is 6.92 Å². The van der Waals surface area contributed by atoms with Crippen molar-refractivity contribution in [1.82, 2.24) is 4.90 Å². The Bertz CT molecular complexity index is 1280. The highest BCUT2D eigenvalue weighted by Crippen LogP contribution is 2.80. The van der Waals surface area contributed by atoms with Crippen LogP contribution in [0.25, 0.3) is 0 Å². The lowest BCUT2D eigenvalue weighted by atomic mass is 9.43. The van der Waals surface area contributed by atoms with E-state index in [1.54, 1.807) is 52.7 Å². The molecule has 0 amide bonds. The second-order valence-corrected chi connectivity index (χ2v) is 14.1. The van der Waals surface area contributed by atoms with Crippen LogP contribution in [0.1, 0.15) is 43.0 Å². The molecular weight excluding hydrogens is 554 g/mol. The summed E-state index contributed by atoms with van der Waals surface area (Å²) < 4.78 is 38.0. The van der Waals surface area contributed by atoms with E-state index in [2.05, 4.69) is 11.9 Å². The summed E-state index contributed by atoms with van der Waals surface area (Å²) in [5.41, 5.74) is -2.88. The second kappa shape index (κ2) is 9.96. The van der Waals surface area contributed by atoms with Crippen molar-refractivity contribution >= 4 is 11.9 Å². The van der Waals surface area contributed by atoms with Gasteiger partial charge in [-0.2, -0.15) is 0 Å². The van der Waals surface area contributed by atoms with E-state index in [-0.39, 0.29) is 47.8 Å². The maximum atomic E-state index is 13.7. The molecular formula is C33H45NO9. The molecule has 43 heavy (non-hydrogen) atoms. The number of likely N-dealkylation sites (tertiary alicyclic amines) is 1. The van der Waals surface area contributed by atoms with Crippen LogP contribution in [0.3, 0.4) is 0 Å². The quantitative estimate of drug-likeness (QED) is 0.447. The van der Waals surface area contributed by atoms with E-state index < -0.39 is 46.7 Å². The van der Waals surface area contributed by atoms with Crippen molar-refractivity contribution < 1.29 is 43.1 Å². The largest absolute Gasteiger partial charge is 0.458 e. The molecule has 5 aliphatic carbocycles. The summed E-state index contributed by atoms with van der Waals surface area (Å²) in [5.74, 6) is -1.87. The number of esters is 2. The average molecular weight is 600 g/mol. The normalized spacial score (nSPS) is 49.0. The van der Waals surface area contributed by atoms with Crippen LogP contribution in [0.2, 0.25) is 0 Å². The second-order valence-electron chi connectivity index (χ2n) is 14.1. The molecule has 6 fully saturated rings. The van der Waals surface area contributed by atoms with E-state index in [9.17, 15) is 14.7 Å². The van der Waals surface area contributed by atoms with Crippen LogP contribution in [0.5, 0.6) is 0 Å². The van der Waals surface area contributed by atoms with Gasteiger partial charge in [0.05, 0.1) is 30.5 Å². The minimum absolute atomic E-state index is 0.0201. The first-order chi connectivity index (χ1) is 20.6. The number of benzene rings is 1.